The van der Waals surface area contributed by atoms with Gasteiger partial charge in [0.15, 0.2) is 0 Å². The van der Waals surface area contributed by atoms with E-state index in [2.05, 4.69) is 5.32 Å². The summed E-state index contributed by atoms with van der Waals surface area (Å²) in [6.45, 7) is 0.682. The molecule has 5 heteroatoms. The normalized spacial score (nSPS) is 14.5. The number of amides is 1. The standard InChI is InChI=1S/C16H17NO4/c1-17-16(19)11(3-2-5-18)13-9-21-15-8-14-10(4-6-20-14)7-12(13)15/h5,7-9,11H,2-4,6H2,1H3,(H,17,19). The molecular formula is C16H17NO4. The molecule has 1 aromatic heterocycles. The third kappa shape index (κ3) is 2.39. The van der Waals surface area contributed by atoms with E-state index in [0.717, 1.165) is 35.0 Å². The average Bonchev–Trinajstić information content (AvgIpc) is 3.11. The topological polar surface area (TPSA) is 68.5 Å². The quantitative estimate of drug-likeness (QED) is 0.856. The molecule has 1 aromatic carbocycles. The molecule has 0 aliphatic carbocycles. The molecule has 2 aromatic rings. The average molecular weight is 287 g/mol. The number of fused-ring (bicyclic) bond motifs is 2. The summed E-state index contributed by atoms with van der Waals surface area (Å²) in [5.74, 6) is 0.380. The molecule has 0 fully saturated rings. The number of rotatable bonds is 5. The molecule has 1 amide bonds. The van der Waals surface area contributed by atoms with E-state index >= 15 is 0 Å². The Morgan fingerprint density at radius 3 is 3.10 bits per heavy atom. The number of carbonyl (C=O) groups is 2. The summed E-state index contributed by atoms with van der Waals surface area (Å²) in [7, 11) is 1.60. The van der Waals surface area contributed by atoms with Crippen LogP contribution in [0.5, 0.6) is 5.75 Å². The summed E-state index contributed by atoms with van der Waals surface area (Å²) in [5, 5.41) is 3.59. The molecule has 1 aliphatic heterocycles. The van der Waals surface area contributed by atoms with Crippen molar-refractivity contribution in [1.82, 2.24) is 5.32 Å². The summed E-state index contributed by atoms with van der Waals surface area (Å²) in [6.07, 6.45) is 4.15. The van der Waals surface area contributed by atoms with Crippen LogP contribution in [-0.2, 0) is 16.0 Å². The smallest absolute Gasteiger partial charge is 0.227 e. The number of ether oxygens (including phenoxy) is 1. The Hall–Kier alpha value is -2.30. The van der Waals surface area contributed by atoms with Crippen LogP contribution in [0.25, 0.3) is 11.0 Å². The largest absolute Gasteiger partial charge is 0.493 e. The van der Waals surface area contributed by atoms with Crippen LogP contribution in [0.3, 0.4) is 0 Å². The first kappa shape index (κ1) is 13.7. The number of carbonyl (C=O) groups excluding carboxylic acids is 2. The van der Waals surface area contributed by atoms with Crippen LogP contribution in [0.1, 0.15) is 29.9 Å². The maximum atomic E-state index is 12.1. The van der Waals surface area contributed by atoms with Gasteiger partial charge in [0.25, 0.3) is 0 Å². The maximum Gasteiger partial charge on any atom is 0.227 e. The third-order valence-corrected chi connectivity index (χ3v) is 3.93. The fourth-order valence-electron chi connectivity index (χ4n) is 2.83. The summed E-state index contributed by atoms with van der Waals surface area (Å²) >= 11 is 0. The monoisotopic (exact) mass is 287 g/mol. The van der Waals surface area contributed by atoms with Gasteiger partial charge >= 0.3 is 0 Å². The van der Waals surface area contributed by atoms with Gasteiger partial charge in [-0.05, 0) is 18.1 Å². The van der Waals surface area contributed by atoms with E-state index in [1.165, 1.54) is 0 Å². The zero-order chi connectivity index (χ0) is 14.8. The van der Waals surface area contributed by atoms with E-state index in [-0.39, 0.29) is 11.8 Å². The molecule has 1 unspecified atom stereocenters. The second-order valence-electron chi connectivity index (χ2n) is 5.16. The first-order valence-corrected chi connectivity index (χ1v) is 7.06. The van der Waals surface area contributed by atoms with Crippen LogP contribution in [0.4, 0.5) is 0 Å². The number of benzene rings is 1. The summed E-state index contributed by atoms with van der Waals surface area (Å²) in [6, 6.07) is 3.91. The number of hydrogen-bond donors (Lipinski definition) is 1. The van der Waals surface area contributed by atoms with Crippen LogP contribution in [0.15, 0.2) is 22.8 Å². The van der Waals surface area contributed by atoms with Crippen LogP contribution < -0.4 is 10.1 Å². The Bertz CT molecular complexity index is 689. The minimum Gasteiger partial charge on any atom is -0.493 e. The van der Waals surface area contributed by atoms with Gasteiger partial charge in [0.05, 0.1) is 18.8 Å². The lowest BCUT2D eigenvalue weighted by Crippen LogP contribution is -2.25. The molecule has 110 valence electrons. The highest BCUT2D eigenvalue weighted by atomic mass is 16.5. The Morgan fingerprint density at radius 2 is 2.33 bits per heavy atom. The fourth-order valence-corrected chi connectivity index (χ4v) is 2.83. The molecule has 1 aliphatic rings. The van der Waals surface area contributed by atoms with Crippen molar-refractivity contribution in [3.05, 3.63) is 29.5 Å². The first-order chi connectivity index (χ1) is 10.2. The van der Waals surface area contributed by atoms with Crippen molar-refractivity contribution in [2.24, 2.45) is 0 Å². The zero-order valence-corrected chi connectivity index (χ0v) is 11.8. The van der Waals surface area contributed by atoms with Crippen LogP contribution in [-0.4, -0.2) is 25.8 Å². The number of likely N-dealkylation sites (N-methyl/N-ethyl adjacent to an activating group) is 1. The highest BCUT2D eigenvalue weighted by Gasteiger charge is 2.25. The predicted molar refractivity (Wildman–Crippen MR) is 77.5 cm³/mol. The van der Waals surface area contributed by atoms with E-state index in [0.29, 0.717) is 25.0 Å². The maximum absolute atomic E-state index is 12.1. The molecule has 5 nitrogen and oxygen atoms in total. The van der Waals surface area contributed by atoms with Crippen molar-refractivity contribution in [3.8, 4) is 5.75 Å². The molecule has 1 N–H and O–H groups in total. The molecule has 1 atom stereocenters. The van der Waals surface area contributed by atoms with Gasteiger partial charge in [-0.2, -0.15) is 0 Å². The third-order valence-electron chi connectivity index (χ3n) is 3.93. The van der Waals surface area contributed by atoms with Crippen molar-refractivity contribution in [1.29, 1.82) is 0 Å². The van der Waals surface area contributed by atoms with E-state index in [1.54, 1.807) is 13.3 Å². The van der Waals surface area contributed by atoms with E-state index in [4.69, 9.17) is 9.15 Å². The Morgan fingerprint density at radius 1 is 1.48 bits per heavy atom. The summed E-state index contributed by atoms with van der Waals surface area (Å²) < 4.78 is 11.1. The first-order valence-electron chi connectivity index (χ1n) is 7.06. The lowest BCUT2D eigenvalue weighted by atomic mass is 9.92. The Balaban J connectivity index is 2.04. The molecule has 0 spiro atoms. The minimum absolute atomic E-state index is 0.101. The van der Waals surface area contributed by atoms with Gasteiger partial charge in [0.2, 0.25) is 5.91 Å². The summed E-state index contributed by atoms with van der Waals surface area (Å²) in [5.41, 5.74) is 2.68. The van der Waals surface area contributed by atoms with E-state index in [1.807, 2.05) is 12.1 Å². The molecule has 0 saturated heterocycles. The number of hydrogen-bond acceptors (Lipinski definition) is 4. The molecule has 0 bridgehead atoms. The lowest BCUT2D eigenvalue weighted by molar-refractivity contribution is -0.122. The Kier molecular flexibility index (Phi) is 3.64. The van der Waals surface area contributed by atoms with Crippen LogP contribution >= 0.6 is 0 Å². The second kappa shape index (κ2) is 5.60. The second-order valence-corrected chi connectivity index (χ2v) is 5.16. The van der Waals surface area contributed by atoms with E-state index in [9.17, 15) is 9.59 Å². The van der Waals surface area contributed by atoms with E-state index < -0.39 is 0 Å². The van der Waals surface area contributed by atoms with Crippen molar-refractivity contribution in [2.45, 2.75) is 25.2 Å². The van der Waals surface area contributed by atoms with Gasteiger partial charge in [-0.25, -0.2) is 0 Å². The lowest BCUT2D eigenvalue weighted by Gasteiger charge is -2.13. The van der Waals surface area contributed by atoms with Crippen molar-refractivity contribution >= 4 is 23.2 Å². The minimum atomic E-state index is -0.373. The van der Waals surface area contributed by atoms with Gasteiger partial charge in [-0.1, -0.05) is 0 Å². The van der Waals surface area contributed by atoms with Gasteiger partial charge in [-0.15, -0.1) is 0 Å². The number of aldehydes is 1. The summed E-state index contributed by atoms with van der Waals surface area (Å²) in [4.78, 5) is 22.7. The fraction of sp³-hybridized carbons (Fsp3) is 0.375. The van der Waals surface area contributed by atoms with Crippen molar-refractivity contribution < 1.29 is 18.7 Å². The number of nitrogens with one attached hydrogen (secondary N) is 1. The molecule has 3 rings (SSSR count). The highest BCUT2D eigenvalue weighted by Crippen LogP contribution is 2.36. The molecule has 0 saturated carbocycles. The van der Waals surface area contributed by atoms with Crippen molar-refractivity contribution in [2.75, 3.05) is 13.7 Å². The van der Waals surface area contributed by atoms with Gasteiger partial charge in [0.1, 0.15) is 17.6 Å². The molecule has 0 radical (unpaired) electrons. The van der Waals surface area contributed by atoms with Crippen LogP contribution in [0.2, 0.25) is 0 Å². The molecule has 21 heavy (non-hydrogen) atoms. The SMILES string of the molecule is CNC(=O)C(CCC=O)c1coc2cc3c(cc12)CCO3. The van der Waals surface area contributed by atoms with Gasteiger partial charge in [0, 0.05) is 36.9 Å². The van der Waals surface area contributed by atoms with Gasteiger partial charge < -0.3 is 19.3 Å². The van der Waals surface area contributed by atoms with Crippen molar-refractivity contribution in [3.63, 3.8) is 0 Å². The molecule has 2 heterocycles. The zero-order valence-electron chi connectivity index (χ0n) is 11.8. The highest BCUT2D eigenvalue weighted by molar-refractivity contribution is 5.92. The van der Waals surface area contributed by atoms with Gasteiger partial charge in [-0.3, -0.25) is 4.79 Å². The van der Waals surface area contributed by atoms with Crippen LogP contribution in [0, 0.1) is 0 Å². The number of furan rings is 1. The molecular weight excluding hydrogens is 270 g/mol. The Labute approximate surface area is 122 Å². The predicted octanol–water partition coefficient (Wildman–Crippen LogP) is 2.18.